The van der Waals surface area contributed by atoms with E-state index >= 15 is 0 Å². The summed E-state index contributed by atoms with van der Waals surface area (Å²) in [6.45, 7) is 0.315. The van der Waals surface area contributed by atoms with E-state index in [2.05, 4.69) is 10.3 Å². The van der Waals surface area contributed by atoms with Gasteiger partial charge in [0.05, 0.1) is 6.54 Å². The number of alkyl halides is 3. The van der Waals surface area contributed by atoms with Crippen LogP contribution in [0.2, 0.25) is 0 Å². The van der Waals surface area contributed by atoms with Crippen LogP contribution in [0.25, 0.3) is 0 Å². The van der Waals surface area contributed by atoms with Gasteiger partial charge in [-0.3, -0.25) is 0 Å². The maximum Gasteiger partial charge on any atom is 0.401 e. The Kier molecular flexibility index (Phi) is 4.45. The van der Waals surface area contributed by atoms with Crippen molar-refractivity contribution in [3.05, 3.63) is 24.0 Å². The van der Waals surface area contributed by atoms with Crippen LogP contribution in [0.1, 0.15) is 18.5 Å². The average Bonchev–Trinajstić information content (AvgIpc) is 2.45. The highest BCUT2D eigenvalue weighted by Gasteiger charge is 2.29. The molecular weight excluding hydrogens is 269 g/mol. The first-order valence-electron chi connectivity index (χ1n) is 6.39. The number of nitrogens with zero attached hydrogens (tertiary/aromatic N) is 3. The molecule has 0 aliphatic carbocycles. The van der Waals surface area contributed by atoms with Crippen molar-refractivity contribution in [1.29, 1.82) is 5.26 Å². The van der Waals surface area contributed by atoms with Crippen LogP contribution in [0.15, 0.2) is 18.3 Å². The predicted octanol–water partition coefficient (Wildman–Crippen LogP) is 2.07. The van der Waals surface area contributed by atoms with Gasteiger partial charge < -0.3 is 10.2 Å². The Morgan fingerprint density at radius 3 is 3.00 bits per heavy atom. The second kappa shape index (κ2) is 6.09. The molecule has 1 aromatic rings. The van der Waals surface area contributed by atoms with Crippen LogP contribution in [0.5, 0.6) is 0 Å². The van der Waals surface area contributed by atoms with Crippen molar-refractivity contribution in [2.45, 2.75) is 25.1 Å². The molecule has 1 aliphatic rings. The highest BCUT2D eigenvalue weighted by Crippen LogP contribution is 2.21. The monoisotopic (exact) mass is 284 g/mol. The summed E-state index contributed by atoms with van der Waals surface area (Å²) >= 11 is 0. The Hall–Kier alpha value is -1.81. The van der Waals surface area contributed by atoms with E-state index in [1.165, 1.54) is 0 Å². The van der Waals surface area contributed by atoms with Crippen molar-refractivity contribution in [2.75, 3.05) is 24.5 Å². The molecule has 1 fully saturated rings. The lowest BCUT2D eigenvalue weighted by Crippen LogP contribution is -2.48. The number of rotatable bonds is 3. The van der Waals surface area contributed by atoms with E-state index in [0.29, 0.717) is 12.2 Å². The number of pyridine rings is 1. The fourth-order valence-electron chi connectivity index (χ4n) is 2.32. The van der Waals surface area contributed by atoms with Gasteiger partial charge in [-0.15, -0.1) is 0 Å². The van der Waals surface area contributed by atoms with Crippen LogP contribution in [0, 0.1) is 11.3 Å². The quantitative estimate of drug-likeness (QED) is 0.923. The molecule has 1 aliphatic heterocycles. The summed E-state index contributed by atoms with van der Waals surface area (Å²) in [4.78, 5) is 5.87. The van der Waals surface area contributed by atoms with Crippen molar-refractivity contribution in [3.63, 3.8) is 0 Å². The summed E-state index contributed by atoms with van der Waals surface area (Å²) in [6, 6.07) is 5.20. The van der Waals surface area contributed by atoms with Crippen molar-refractivity contribution < 1.29 is 13.2 Å². The number of anilines is 1. The number of nitrogens with one attached hydrogen (secondary N) is 1. The zero-order valence-electron chi connectivity index (χ0n) is 10.8. The van der Waals surface area contributed by atoms with E-state index in [1.807, 2.05) is 11.0 Å². The highest BCUT2D eigenvalue weighted by molar-refractivity contribution is 5.49. The van der Waals surface area contributed by atoms with E-state index in [4.69, 9.17) is 5.26 Å². The lowest BCUT2D eigenvalue weighted by Gasteiger charge is -2.35. The number of piperidine rings is 1. The first-order chi connectivity index (χ1) is 9.48. The maximum atomic E-state index is 12.2. The van der Waals surface area contributed by atoms with Gasteiger partial charge in [0.25, 0.3) is 0 Å². The summed E-state index contributed by atoms with van der Waals surface area (Å²) in [6.07, 6.45) is -1.10. The number of nitriles is 1. The molecule has 0 spiro atoms. The minimum Gasteiger partial charge on any atom is -0.370 e. The largest absolute Gasteiger partial charge is 0.401 e. The first-order valence-corrected chi connectivity index (χ1v) is 6.39. The van der Waals surface area contributed by atoms with Crippen molar-refractivity contribution in [3.8, 4) is 6.07 Å². The molecule has 0 amide bonds. The number of aromatic nitrogens is 1. The fourth-order valence-corrected chi connectivity index (χ4v) is 2.32. The molecule has 0 bridgehead atoms. The van der Waals surface area contributed by atoms with Gasteiger partial charge in [0.2, 0.25) is 0 Å². The maximum absolute atomic E-state index is 12.2. The lowest BCUT2D eigenvalue weighted by atomic mass is 10.0. The van der Waals surface area contributed by atoms with Gasteiger partial charge in [-0.1, -0.05) is 0 Å². The summed E-state index contributed by atoms with van der Waals surface area (Å²) in [7, 11) is 0. The fraction of sp³-hybridized carbons (Fsp3) is 0.538. The molecule has 108 valence electrons. The smallest absolute Gasteiger partial charge is 0.370 e. The van der Waals surface area contributed by atoms with Crippen molar-refractivity contribution >= 4 is 5.69 Å². The lowest BCUT2D eigenvalue weighted by molar-refractivity contribution is -0.126. The Morgan fingerprint density at radius 2 is 2.30 bits per heavy atom. The van der Waals surface area contributed by atoms with Gasteiger partial charge in [-0.25, -0.2) is 4.98 Å². The van der Waals surface area contributed by atoms with Crippen LogP contribution < -0.4 is 10.2 Å². The van der Waals surface area contributed by atoms with E-state index in [-0.39, 0.29) is 6.04 Å². The van der Waals surface area contributed by atoms with Gasteiger partial charge in [0.1, 0.15) is 11.8 Å². The number of hydrogen-bond donors (Lipinski definition) is 1. The van der Waals surface area contributed by atoms with Crippen molar-refractivity contribution in [1.82, 2.24) is 10.3 Å². The van der Waals surface area contributed by atoms with Crippen LogP contribution in [0.4, 0.5) is 18.9 Å². The van der Waals surface area contributed by atoms with Gasteiger partial charge in [0, 0.05) is 31.0 Å². The summed E-state index contributed by atoms with van der Waals surface area (Å²) in [5.74, 6) is 0. The van der Waals surface area contributed by atoms with Crippen LogP contribution >= 0.6 is 0 Å². The molecule has 0 radical (unpaired) electrons. The molecule has 2 rings (SSSR count). The summed E-state index contributed by atoms with van der Waals surface area (Å²) in [5.41, 5.74) is 1.14. The summed E-state index contributed by atoms with van der Waals surface area (Å²) < 4.78 is 36.6. The zero-order chi connectivity index (χ0) is 14.6. The molecule has 0 saturated carbocycles. The molecule has 0 aromatic carbocycles. The molecule has 1 unspecified atom stereocenters. The van der Waals surface area contributed by atoms with E-state index in [9.17, 15) is 13.2 Å². The van der Waals surface area contributed by atoms with E-state index in [0.717, 1.165) is 25.1 Å². The molecule has 1 atom stereocenters. The van der Waals surface area contributed by atoms with Crippen LogP contribution in [0.3, 0.4) is 0 Å². The van der Waals surface area contributed by atoms with E-state index in [1.54, 1.807) is 18.3 Å². The minimum atomic E-state index is -4.19. The Bertz CT molecular complexity index is 495. The topological polar surface area (TPSA) is 52.0 Å². The summed E-state index contributed by atoms with van der Waals surface area (Å²) in [5, 5.41) is 11.4. The third kappa shape index (κ3) is 4.10. The van der Waals surface area contributed by atoms with Gasteiger partial charge >= 0.3 is 6.18 Å². The van der Waals surface area contributed by atoms with Crippen LogP contribution in [-0.4, -0.2) is 36.8 Å². The number of hydrogen-bond acceptors (Lipinski definition) is 4. The molecule has 1 N–H and O–H groups in total. The molecule has 4 nitrogen and oxygen atoms in total. The van der Waals surface area contributed by atoms with Gasteiger partial charge in [-0.2, -0.15) is 18.4 Å². The molecule has 1 aromatic heterocycles. The first kappa shape index (κ1) is 14.6. The number of halogens is 3. The Labute approximate surface area is 115 Å². The highest BCUT2D eigenvalue weighted by atomic mass is 19.4. The average molecular weight is 284 g/mol. The SMILES string of the molecule is N#Cc1cc(N2CCCC(NCC(F)(F)F)C2)ccn1. The third-order valence-electron chi connectivity index (χ3n) is 3.24. The Balaban J connectivity index is 1.98. The van der Waals surface area contributed by atoms with Gasteiger partial charge in [0.15, 0.2) is 0 Å². The second-order valence-corrected chi connectivity index (χ2v) is 4.79. The zero-order valence-corrected chi connectivity index (χ0v) is 10.8. The molecular formula is C13H15F3N4. The minimum absolute atomic E-state index is 0.191. The third-order valence-corrected chi connectivity index (χ3v) is 3.24. The van der Waals surface area contributed by atoms with E-state index < -0.39 is 12.7 Å². The molecule has 7 heteroatoms. The standard InChI is InChI=1S/C13H15F3N4/c14-13(15,16)9-19-10-2-1-5-20(8-10)12-3-4-18-11(6-12)7-17/h3-4,6,10,19H,1-2,5,8-9H2. The second-order valence-electron chi connectivity index (χ2n) is 4.79. The van der Waals surface area contributed by atoms with Gasteiger partial charge in [-0.05, 0) is 25.0 Å². The van der Waals surface area contributed by atoms with Crippen LogP contribution in [-0.2, 0) is 0 Å². The van der Waals surface area contributed by atoms with Crippen molar-refractivity contribution in [2.24, 2.45) is 0 Å². The normalized spacial score (nSPS) is 19.7. The molecule has 20 heavy (non-hydrogen) atoms. The molecule has 1 saturated heterocycles. The Morgan fingerprint density at radius 1 is 1.50 bits per heavy atom. The predicted molar refractivity (Wildman–Crippen MR) is 68.2 cm³/mol. The molecule has 2 heterocycles.